The highest BCUT2D eigenvalue weighted by Crippen LogP contribution is 2.37. The van der Waals surface area contributed by atoms with Crippen LogP contribution in [-0.2, 0) is 9.53 Å². The average Bonchev–Trinajstić information content (AvgIpc) is 2.89. The van der Waals surface area contributed by atoms with Gasteiger partial charge in [0.15, 0.2) is 23.4 Å². The van der Waals surface area contributed by atoms with Crippen molar-refractivity contribution in [3.05, 3.63) is 87.1 Å². The summed E-state index contributed by atoms with van der Waals surface area (Å²) in [5.74, 6) is 0.630. The number of nitrogens with zero attached hydrogens (tertiary/aromatic N) is 3. The van der Waals surface area contributed by atoms with Crippen LogP contribution in [0.2, 0.25) is 0 Å². The van der Waals surface area contributed by atoms with Crippen LogP contribution in [0.3, 0.4) is 0 Å². The molecule has 8 nitrogen and oxygen atoms in total. The van der Waals surface area contributed by atoms with E-state index < -0.39 is 12.1 Å². The van der Waals surface area contributed by atoms with Crippen molar-refractivity contribution in [2.75, 3.05) is 14.2 Å². The maximum atomic E-state index is 13.3. The zero-order chi connectivity index (χ0) is 24.9. The largest absolute Gasteiger partial charge is 0.493 e. The van der Waals surface area contributed by atoms with E-state index in [1.54, 1.807) is 37.3 Å². The normalized spacial score (nSPS) is 12.0. The first-order valence-electron chi connectivity index (χ1n) is 10.7. The second kappa shape index (κ2) is 10.5. The smallest absolute Gasteiger partial charge is 0.346 e. The van der Waals surface area contributed by atoms with E-state index in [9.17, 15) is 9.59 Å². The number of hydrogen-bond acceptors (Lipinski definition) is 7. The lowest BCUT2D eigenvalue weighted by Crippen LogP contribution is -2.25. The lowest BCUT2D eigenvalue weighted by atomic mass is 10.2. The van der Waals surface area contributed by atoms with E-state index in [2.05, 4.69) is 21.0 Å². The number of rotatable bonds is 7. The summed E-state index contributed by atoms with van der Waals surface area (Å²) in [4.78, 5) is 29.8. The van der Waals surface area contributed by atoms with Gasteiger partial charge in [-0.15, -0.1) is 0 Å². The molecule has 4 aromatic rings. The molecular weight excluding hydrogens is 514 g/mol. The van der Waals surface area contributed by atoms with Crippen molar-refractivity contribution >= 4 is 39.0 Å². The molecule has 1 heterocycles. The van der Waals surface area contributed by atoms with Gasteiger partial charge in [-0.1, -0.05) is 42.5 Å². The number of halogens is 1. The summed E-state index contributed by atoms with van der Waals surface area (Å²) in [6, 6.07) is 20.0. The molecule has 1 atom stereocenters. The fourth-order valence-corrected chi connectivity index (χ4v) is 4.00. The van der Waals surface area contributed by atoms with Crippen molar-refractivity contribution in [3.8, 4) is 22.9 Å². The number of esters is 1. The summed E-state index contributed by atoms with van der Waals surface area (Å²) in [7, 11) is 2.78. The summed E-state index contributed by atoms with van der Waals surface area (Å²) in [5, 5.41) is 4.94. The number of hydrogen-bond donors (Lipinski definition) is 0. The Morgan fingerprint density at radius 2 is 1.80 bits per heavy atom. The molecule has 3 aromatic carbocycles. The molecule has 0 unspecified atom stereocenters. The van der Waals surface area contributed by atoms with Crippen LogP contribution in [0.15, 0.2) is 81.1 Å². The summed E-state index contributed by atoms with van der Waals surface area (Å²) >= 11 is 3.46. The van der Waals surface area contributed by atoms with Gasteiger partial charge in [-0.05, 0) is 52.7 Å². The SMILES string of the molecule is COC(=O)[C@@H](C)Oc1c(Br)cc(C=Nn2c(-c3ccccc3)nc3ccccc3c2=O)cc1OC. The van der Waals surface area contributed by atoms with E-state index in [1.807, 2.05) is 36.4 Å². The molecule has 0 amide bonds. The van der Waals surface area contributed by atoms with Gasteiger partial charge >= 0.3 is 5.97 Å². The Morgan fingerprint density at radius 3 is 2.51 bits per heavy atom. The minimum Gasteiger partial charge on any atom is -0.493 e. The Labute approximate surface area is 209 Å². The van der Waals surface area contributed by atoms with Gasteiger partial charge in [0.25, 0.3) is 5.56 Å². The zero-order valence-electron chi connectivity index (χ0n) is 19.3. The zero-order valence-corrected chi connectivity index (χ0v) is 20.9. The number of carbonyl (C=O) groups is 1. The summed E-state index contributed by atoms with van der Waals surface area (Å²) in [5.41, 5.74) is 1.69. The Bertz CT molecular complexity index is 1470. The van der Waals surface area contributed by atoms with Crippen LogP contribution in [-0.4, -0.2) is 42.2 Å². The van der Waals surface area contributed by atoms with Crippen molar-refractivity contribution in [2.24, 2.45) is 5.10 Å². The van der Waals surface area contributed by atoms with Crippen LogP contribution in [0, 0.1) is 0 Å². The highest BCUT2D eigenvalue weighted by molar-refractivity contribution is 9.10. The predicted molar refractivity (Wildman–Crippen MR) is 137 cm³/mol. The molecule has 0 saturated heterocycles. The van der Waals surface area contributed by atoms with E-state index in [-0.39, 0.29) is 5.56 Å². The second-order valence-corrected chi connectivity index (χ2v) is 8.35. The third kappa shape index (κ3) is 5.09. The van der Waals surface area contributed by atoms with Crippen LogP contribution in [0.4, 0.5) is 0 Å². The van der Waals surface area contributed by atoms with Gasteiger partial charge in [-0.25, -0.2) is 9.78 Å². The first-order chi connectivity index (χ1) is 16.9. The van der Waals surface area contributed by atoms with Crippen LogP contribution in [0.5, 0.6) is 11.5 Å². The van der Waals surface area contributed by atoms with Gasteiger partial charge in [-0.2, -0.15) is 9.78 Å². The number of para-hydroxylation sites is 1. The molecule has 0 saturated carbocycles. The Balaban J connectivity index is 1.78. The molecule has 0 bridgehead atoms. The number of methoxy groups -OCH3 is 2. The summed E-state index contributed by atoms with van der Waals surface area (Å²) in [6.07, 6.45) is 0.700. The minimum absolute atomic E-state index is 0.288. The maximum absolute atomic E-state index is 13.3. The quantitative estimate of drug-likeness (QED) is 0.252. The van der Waals surface area contributed by atoms with Crippen molar-refractivity contribution in [1.82, 2.24) is 9.66 Å². The third-order valence-electron chi connectivity index (χ3n) is 5.19. The Hall–Kier alpha value is -3.98. The van der Waals surface area contributed by atoms with Crippen molar-refractivity contribution < 1.29 is 19.0 Å². The third-order valence-corrected chi connectivity index (χ3v) is 5.78. The highest BCUT2D eigenvalue weighted by atomic mass is 79.9. The fraction of sp³-hybridized carbons (Fsp3) is 0.154. The van der Waals surface area contributed by atoms with Gasteiger partial charge in [0.1, 0.15) is 0 Å². The second-order valence-electron chi connectivity index (χ2n) is 7.50. The van der Waals surface area contributed by atoms with Gasteiger partial charge < -0.3 is 14.2 Å². The van der Waals surface area contributed by atoms with E-state index >= 15 is 0 Å². The first kappa shape index (κ1) is 24.2. The van der Waals surface area contributed by atoms with Crippen molar-refractivity contribution in [3.63, 3.8) is 0 Å². The molecule has 9 heteroatoms. The number of fused-ring (bicyclic) bond motifs is 1. The van der Waals surface area contributed by atoms with Crippen molar-refractivity contribution in [2.45, 2.75) is 13.0 Å². The highest BCUT2D eigenvalue weighted by Gasteiger charge is 2.20. The molecule has 35 heavy (non-hydrogen) atoms. The molecule has 0 radical (unpaired) electrons. The monoisotopic (exact) mass is 535 g/mol. The maximum Gasteiger partial charge on any atom is 0.346 e. The molecular formula is C26H22BrN3O5. The molecule has 0 N–H and O–H groups in total. The number of carbonyl (C=O) groups excluding carboxylic acids is 1. The molecule has 0 spiro atoms. The summed E-state index contributed by atoms with van der Waals surface area (Å²) < 4.78 is 17.7. The topological polar surface area (TPSA) is 92.0 Å². The molecule has 0 aliphatic heterocycles. The average molecular weight is 536 g/mol. The molecule has 0 fully saturated rings. The van der Waals surface area contributed by atoms with Gasteiger partial charge in [0, 0.05) is 5.56 Å². The molecule has 178 valence electrons. The van der Waals surface area contributed by atoms with Crippen molar-refractivity contribution in [1.29, 1.82) is 0 Å². The number of benzene rings is 3. The lowest BCUT2D eigenvalue weighted by Gasteiger charge is -2.17. The van der Waals surface area contributed by atoms with Gasteiger partial charge in [-0.3, -0.25) is 4.79 Å². The molecule has 1 aromatic heterocycles. The standard InChI is InChI=1S/C26H22BrN3O5/c1-16(26(32)34-3)35-23-20(27)13-17(14-22(23)33-2)15-28-30-24(18-9-5-4-6-10-18)29-21-12-8-7-11-19(21)25(30)31/h4-16H,1-3H3/t16-/m1/s1. The van der Waals surface area contributed by atoms with E-state index in [0.29, 0.717) is 38.3 Å². The van der Waals surface area contributed by atoms with Gasteiger partial charge in [0.05, 0.1) is 35.8 Å². The van der Waals surface area contributed by atoms with E-state index in [1.165, 1.54) is 25.1 Å². The van der Waals surface area contributed by atoms with Gasteiger partial charge in [0.2, 0.25) is 0 Å². The van der Waals surface area contributed by atoms with Crippen LogP contribution in [0.1, 0.15) is 12.5 Å². The first-order valence-corrected chi connectivity index (χ1v) is 11.5. The predicted octanol–water partition coefficient (Wildman–Crippen LogP) is 4.66. The molecule has 0 aliphatic rings. The fourth-order valence-electron chi connectivity index (χ4n) is 3.45. The van der Waals surface area contributed by atoms with Crippen LogP contribution >= 0.6 is 15.9 Å². The summed E-state index contributed by atoms with van der Waals surface area (Å²) in [6.45, 7) is 1.58. The van der Waals surface area contributed by atoms with E-state index in [0.717, 1.165) is 5.56 Å². The van der Waals surface area contributed by atoms with E-state index in [4.69, 9.17) is 19.2 Å². The Kier molecular flexibility index (Phi) is 7.26. The molecule has 0 aliphatic carbocycles. The minimum atomic E-state index is -0.833. The number of ether oxygens (including phenoxy) is 3. The molecule has 4 rings (SSSR count). The van der Waals surface area contributed by atoms with Crippen LogP contribution < -0.4 is 15.0 Å². The Morgan fingerprint density at radius 1 is 1.09 bits per heavy atom. The number of aromatic nitrogens is 2. The van der Waals surface area contributed by atoms with Crippen LogP contribution in [0.25, 0.3) is 22.3 Å². The lowest BCUT2D eigenvalue weighted by molar-refractivity contribution is -0.147.